The molecule has 1 amide bonds. The topological polar surface area (TPSA) is 46.2 Å². The van der Waals surface area contributed by atoms with Gasteiger partial charge in [0.1, 0.15) is 6.29 Å². The number of rotatable bonds is 3. The second-order valence-corrected chi connectivity index (χ2v) is 5.59. The Hall–Kier alpha value is -3.20. The Labute approximate surface area is 147 Å². The van der Waals surface area contributed by atoms with Gasteiger partial charge < -0.3 is 5.32 Å². The molecule has 0 aliphatic carbocycles. The minimum atomic E-state index is -0.147. The largest absolute Gasteiger partial charge is 0.321 e. The van der Waals surface area contributed by atoms with Gasteiger partial charge in [-0.2, -0.15) is 0 Å². The summed E-state index contributed by atoms with van der Waals surface area (Å²) >= 11 is 0. The van der Waals surface area contributed by atoms with Crippen LogP contribution in [0.3, 0.4) is 0 Å². The molecule has 3 aromatic rings. The Balaban J connectivity index is 0.000000399. The van der Waals surface area contributed by atoms with Crippen molar-refractivity contribution >= 4 is 39.4 Å². The van der Waals surface area contributed by atoms with Crippen LogP contribution in [0.15, 0.2) is 78.9 Å². The van der Waals surface area contributed by atoms with Crippen molar-refractivity contribution < 1.29 is 9.59 Å². The van der Waals surface area contributed by atoms with Crippen molar-refractivity contribution in [1.82, 2.24) is 0 Å². The maximum atomic E-state index is 12.0. The molecular weight excluding hydrogens is 310 g/mol. The zero-order valence-electron chi connectivity index (χ0n) is 14.5. The third-order valence-corrected chi connectivity index (χ3v) is 3.67. The SMILES string of the molecule is C=C(C)C(=O)Nc1c2ccccc2cc2ccccc12.CC=CC=O. The van der Waals surface area contributed by atoms with Crippen LogP contribution < -0.4 is 5.32 Å². The predicted molar refractivity (Wildman–Crippen MR) is 106 cm³/mol. The Bertz CT molecular complexity index is 901. The highest BCUT2D eigenvalue weighted by atomic mass is 16.1. The smallest absolute Gasteiger partial charge is 0.250 e. The molecule has 0 heterocycles. The number of anilines is 1. The number of hydrogen-bond acceptors (Lipinski definition) is 2. The molecule has 0 unspecified atom stereocenters. The van der Waals surface area contributed by atoms with Crippen LogP contribution in [0.5, 0.6) is 0 Å². The van der Waals surface area contributed by atoms with Gasteiger partial charge >= 0.3 is 0 Å². The Kier molecular flexibility index (Phi) is 6.24. The summed E-state index contributed by atoms with van der Waals surface area (Å²) in [6.07, 6.45) is 3.88. The van der Waals surface area contributed by atoms with Crippen LogP contribution in [0, 0.1) is 0 Å². The van der Waals surface area contributed by atoms with Crippen LogP contribution in [0.25, 0.3) is 21.5 Å². The van der Waals surface area contributed by atoms with Crippen molar-refractivity contribution in [2.24, 2.45) is 0 Å². The van der Waals surface area contributed by atoms with Crippen molar-refractivity contribution in [3.05, 3.63) is 78.9 Å². The maximum Gasteiger partial charge on any atom is 0.250 e. The number of carbonyl (C=O) groups excluding carboxylic acids is 2. The molecule has 25 heavy (non-hydrogen) atoms. The van der Waals surface area contributed by atoms with Crippen molar-refractivity contribution in [3.8, 4) is 0 Å². The van der Waals surface area contributed by atoms with Gasteiger partial charge in [-0.1, -0.05) is 61.2 Å². The number of hydrogen-bond donors (Lipinski definition) is 1. The maximum absolute atomic E-state index is 12.0. The zero-order chi connectivity index (χ0) is 18.2. The Morgan fingerprint density at radius 1 is 1.00 bits per heavy atom. The number of allylic oxidation sites excluding steroid dienone is 2. The molecule has 0 fully saturated rings. The van der Waals surface area contributed by atoms with Gasteiger partial charge in [0.05, 0.1) is 5.69 Å². The van der Waals surface area contributed by atoms with E-state index in [2.05, 4.69) is 30.1 Å². The number of fused-ring (bicyclic) bond motifs is 2. The average molecular weight is 331 g/mol. The van der Waals surface area contributed by atoms with Crippen molar-refractivity contribution in [2.75, 3.05) is 5.32 Å². The second-order valence-electron chi connectivity index (χ2n) is 5.59. The molecule has 0 atom stereocenters. The number of aldehydes is 1. The van der Waals surface area contributed by atoms with Crippen LogP contribution >= 0.6 is 0 Å². The summed E-state index contributed by atoms with van der Waals surface area (Å²) in [6.45, 7) is 7.21. The molecule has 0 radical (unpaired) electrons. The van der Waals surface area contributed by atoms with E-state index in [4.69, 9.17) is 0 Å². The summed E-state index contributed by atoms with van der Waals surface area (Å²) in [6, 6.07) is 18.3. The van der Waals surface area contributed by atoms with E-state index in [1.807, 2.05) is 36.4 Å². The van der Waals surface area contributed by atoms with E-state index < -0.39 is 0 Å². The van der Waals surface area contributed by atoms with Gasteiger partial charge in [0.2, 0.25) is 0 Å². The predicted octanol–water partition coefficient (Wildman–Crippen LogP) is 5.27. The lowest BCUT2D eigenvalue weighted by atomic mass is 10.0. The minimum Gasteiger partial charge on any atom is -0.321 e. The number of benzene rings is 3. The molecular formula is C22H21NO2. The highest BCUT2D eigenvalue weighted by molar-refractivity contribution is 6.17. The molecule has 3 rings (SSSR count). The second kappa shape index (κ2) is 8.60. The van der Waals surface area contributed by atoms with Crippen LogP contribution in [0.4, 0.5) is 5.69 Å². The fourth-order valence-electron chi connectivity index (χ4n) is 2.45. The van der Waals surface area contributed by atoms with E-state index in [0.29, 0.717) is 5.57 Å². The summed E-state index contributed by atoms with van der Waals surface area (Å²) in [4.78, 5) is 21.3. The van der Waals surface area contributed by atoms with Gasteiger partial charge in [0.25, 0.3) is 5.91 Å². The summed E-state index contributed by atoms with van der Waals surface area (Å²) < 4.78 is 0. The highest BCUT2D eigenvalue weighted by Crippen LogP contribution is 2.32. The Morgan fingerprint density at radius 3 is 1.92 bits per heavy atom. The van der Waals surface area contributed by atoms with E-state index in [0.717, 1.165) is 33.5 Å². The van der Waals surface area contributed by atoms with Crippen LogP contribution in [0.1, 0.15) is 13.8 Å². The quantitative estimate of drug-likeness (QED) is 0.404. The van der Waals surface area contributed by atoms with E-state index in [1.54, 1.807) is 19.9 Å². The molecule has 0 bridgehead atoms. The Morgan fingerprint density at radius 2 is 1.52 bits per heavy atom. The zero-order valence-corrected chi connectivity index (χ0v) is 14.5. The van der Waals surface area contributed by atoms with Gasteiger partial charge in [-0.25, -0.2) is 0 Å². The van der Waals surface area contributed by atoms with Crippen molar-refractivity contribution in [1.29, 1.82) is 0 Å². The van der Waals surface area contributed by atoms with E-state index >= 15 is 0 Å². The first-order valence-electron chi connectivity index (χ1n) is 8.02. The fraction of sp³-hybridized carbons (Fsp3) is 0.0909. The van der Waals surface area contributed by atoms with Crippen LogP contribution in [-0.4, -0.2) is 12.2 Å². The summed E-state index contributed by atoms with van der Waals surface area (Å²) in [5.41, 5.74) is 1.36. The molecule has 0 aliphatic rings. The number of nitrogens with one attached hydrogen (secondary N) is 1. The molecule has 126 valence electrons. The number of carbonyl (C=O) groups is 2. The standard InChI is InChI=1S/C18H15NO.C4H6O/c1-12(2)18(20)19-17-15-9-5-3-7-13(15)11-14-8-4-6-10-16(14)17;1-2-3-4-5/h3-11H,1H2,2H3,(H,19,20);2-4H,1H3. The monoisotopic (exact) mass is 331 g/mol. The first-order chi connectivity index (χ1) is 12.1. The van der Waals surface area contributed by atoms with Crippen LogP contribution in [0.2, 0.25) is 0 Å². The minimum absolute atomic E-state index is 0.147. The lowest BCUT2D eigenvalue weighted by Crippen LogP contribution is -2.12. The molecule has 1 N–H and O–H groups in total. The first kappa shape index (κ1) is 18.1. The molecule has 0 saturated heterocycles. The van der Waals surface area contributed by atoms with Crippen LogP contribution in [-0.2, 0) is 9.59 Å². The van der Waals surface area contributed by atoms with Gasteiger partial charge in [0, 0.05) is 16.3 Å². The molecule has 0 aliphatic heterocycles. The highest BCUT2D eigenvalue weighted by Gasteiger charge is 2.10. The third kappa shape index (κ3) is 4.42. The molecule has 0 aromatic heterocycles. The summed E-state index contributed by atoms with van der Waals surface area (Å²) in [5.74, 6) is -0.147. The lowest BCUT2D eigenvalue weighted by molar-refractivity contribution is -0.112. The first-order valence-corrected chi connectivity index (χ1v) is 8.02. The fourth-order valence-corrected chi connectivity index (χ4v) is 2.45. The van der Waals surface area contributed by atoms with E-state index in [9.17, 15) is 9.59 Å². The van der Waals surface area contributed by atoms with E-state index in [-0.39, 0.29) is 5.91 Å². The molecule has 3 heteroatoms. The molecule has 3 aromatic carbocycles. The number of amides is 1. The summed E-state index contributed by atoms with van der Waals surface area (Å²) in [5, 5.41) is 7.30. The summed E-state index contributed by atoms with van der Waals surface area (Å²) in [7, 11) is 0. The lowest BCUT2D eigenvalue weighted by Gasteiger charge is -2.12. The van der Waals surface area contributed by atoms with Gasteiger partial charge in [-0.05, 0) is 36.8 Å². The van der Waals surface area contributed by atoms with E-state index in [1.165, 1.54) is 6.08 Å². The van der Waals surface area contributed by atoms with Gasteiger partial charge in [0.15, 0.2) is 0 Å². The molecule has 0 spiro atoms. The van der Waals surface area contributed by atoms with Crippen molar-refractivity contribution in [3.63, 3.8) is 0 Å². The van der Waals surface area contributed by atoms with Crippen molar-refractivity contribution in [2.45, 2.75) is 13.8 Å². The third-order valence-electron chi connectivity index (χ3n) is 3.67. The average Bonchev–Trinajstić information content (AvgIpc) is 2.62. The normalized spacial score (nSPS) is 10.3. The molecule has 0 saturated carbocycles. The van der Waals surface area contributed by atoms with Gasteiger partial charge in [-0.3, -0.25) is 9.59 Å². The molecule has 3 nitrogen and oxygen atoms in total. The van der Waals surface area contributed by atoms with Gasteiger partial charge in [-0.15, -0.1) is 0 Å².